The molecule has 2 amide bonds. The Morgan fingerprint density at radius 2 is 2.47 bits per heavy atom. The third-order valence-electron chi connectivity index (χ3n) is 2.67. The molecule has 3 N–H and O–H groups in total. The fraction of sp³-hybridized carbons (Fsp3) is 0.600. The molecule has 17 heavy (non-hydrogen) atoms. The molecule has 0 aromatic carbocycles. The molecule has 1 saturated heterocycles. The van der Waals surface area contributed by atoms with E-state index in [1.165, 1.54) is 6.33 Å². The molecule has 1 aliphatic heterocycles. The van der Waals surface area contributed by atoms with E-state index in [9.17, 15) is 9.59 Å². The maximum absolute atomic E-state index is 11.6. The van der Waals surface area contributed by atoms with E-state index in [0.717, 1.165) is 18.7 Å². The molecule has 1 aliphatic rings. The Kier molecular flexibility index (Phi) is 3.69. The first-order chi connectivity index (χ1) is 8.25. The van der Waals surface area contributed by atoms with Crippen LogP contribution in [0.5, 0.6) is 0 Å². The summed E-state index contributed by atoms with van der Waals surface area (Å²) >= 11 is 0. The maximum atomic E-state index is 11.6. The number of aromatic nitrogens is 3. The van der Waals surface area contributed by atoms with Crippen molar-refractivity contribution in [2.24, 2.45) is 0 Å². The summed E-state index contributed by atoms with van der Waals surface area (Å²) in [4.78, 5) is 26.5. The summed E-state index contributed by atoms with van der Waals surface area (Å²) in [7, 11) is 0. The van der Waals surface area contributed by atoms with Crippen LogP contribution in [0.2, 0.25) is 0 Å². The van der Waals surface area contributed by atoms with Gasteiger partial charge in [0.1, 0.15) is 18.2 Å². The normalized spacial score (nSPS) is 19.1. The van der Waals surface area contributed by atoms with Crippen LogP contribution in [0.4, 0.5) is 0 Å². The van der Waals surface area contributed by atoms with Crippen LogP contribution in [0, 0.1) is 0 Å². The Hall–Kier alpha value is -1.92. The number of aryl methyl sites for hydroxylation is 1. The van der Waals surface area contributed by atoms with Crippen LogP contribution in [0.1, 0.15) is 25.1 Å². The molecule has 92 valence electrons. The summed E-state index contributed by atoms with van der Waals surface area (Å²) in [5.41, 5.74) is 0. The number of nitrogens with zero attached hydrogens (tertiary/aromatic N) is 2. The molecule has 7 heteroatoms. The van der Waals surface area contributed by atoms with Crippen molar-refractivity contribution in [3.63, 3.8) is 0 Å². The van der Waals surface area contributed by atoms with Gasteiger partial charge >= 0.3 is 0 Å². The van der Waals surface area contributed by atoms with E-state index in [1.807, 2.05) is 0 Å². The zero-order valence-electron chi connectivity index (χ0n) is 9.40. The highest BCUT2D eigenvalue weighted by Crippen LogP contribution is 2.06. The van der Waals surface area contributed by atoms with Gasteiger partial charge in [0.25, 0.3) is 0 Å². The van der Waals surface area contributed by atoms with E-state index in [-0.39, 0.29) is 17.9 Å². The number of carbonyl (C=O) groups excluding carboxylic acids is 2. The summed E-state index contributed by atoms with van der Waals surface area (Å²) < 4.78 is 0. The Balaban J connectivity index is 1.62. The van der Waals surface area contributed by atoms with E-state index in [4.69, 9.17) is 0 Å². The average Bonchev–Trinajstić information content (AvgIpc) is 2.95. The SMILES string of the molecule is O=C1CCC(C(=O)NCCCc2ncn[nH]2)N1. The smallest absolute Gasteiger partial charge is 0.242 e. The highest BCUT2D eigenvalue weighted by molar-refractivity contribution is 5.90. The number of rotatable bonds is 5. The van der Waals surface area contributed by atoms with Gasteiger partial charge in [0.05, 0.1) is 0 Å². The van der Waals surface area contributed by atoms with Crippen LogP contribution in [0.15, 0.2) is 6.33 Å². The number of hydrogen-bond donors (Lipinski definition) is 3. The second kappa shape index (κ2) is 5.42. The lowest BCUT2D eigenvalue weighted by Crippen LogP contribution is -2.41. The van der Waals surface area contributed by atoms with Crippen molar-refractivity contribution >= 4 is 11.8 Å². The number of nitrogens with one attached hydrogen (secondary N) is 3. The molecule has 2 heterocycles. The molecule has 0 aliphatic carbocycles. The first kappa shape index (κ1) is 11.6. The molecule has 0 radical (unpaired) electrons. The Labute approximate surface area is 98.4 Å². The minimum Gasteiger partial charge on any atom is -0.354 e. The van der Waals surface area contributed by atoms with E-state index in [0.29, 0.717) is 19.4 Å². The fourth-order valence-electron chi connectivity index (χ4n) is 1.75. The van der Waals surface area contributed by atoms with Crippen LogP contribution in [-0.4, -0.2) is 39.6 Å². The van der Waals surface area contributed by atoms with Gasteiger partial charge in [0.15, 0.2) is 0 Å². The lowest BCUT2D eigenvalue weighted by Gasteiger charge is -2.10. The summed E-state index contributed by atoms with van der Waals surface area (Å²) in [6.45, 7) is 0.575. The first-order valence-electron chi connectivity index (χ1n) is 5.67. The van der Waals surface area contributed by atoms with Crippen LogP contribution < -0.4 is 10.6 Å². The van der Waals surface area contributed by atoms with Gasteiger partial charge in [-0.25, -0.2) is 4.98 Å². The van der Waals surface area contributed by atoms with Crippen molar-refractivity contribution in [3.8, 4) is 0 Å². The van der Waals surface area contributed by atoms with Gasteiger partial charge in [-0.1, -0.05) is 0 Å². The van der Waals surface area contributed by atoms with Gasteiger partial charge in [-0.15, -0.1) is 0 Å². The third kappa shape index (κ3) is 3.27. The molecule has 1 unspecified atom stereocenters. The molecular weight excluding hydrogens is 222 g/mol. The quantitative estimate of drug-likeness (QED) is 0.580. The van der Waals surface area contributed by atoms with Crippen molar-refractivity contribution in [3.05, 3.63) is 12.2 Å². The van der Waals surface area contributed by atoms with Crippen molar-refractivity contribution in [2.45, 2.75) is 31.7 Å². The zero-order valence-corrected chi connectivity index (χ0v) is 9.40. The van der Waals surface area contributed by atoms with Crippen molar-refractivity contribution in [2.75, 3.05) is 6.54 Å². The van der Waals surface area contributed by atoms with Crippen LogP contribution in [0.3, 0.4) is 0 Å². The molecule has 1 atom stereocenters. The maximum Gasteiger partial charge on any atom is 0.242 e. The van der Waals surface area contributed by atoms with E-state index in [1.54, 1.807) is 0 Å². The van der Waals surface area contributed by atoms with Gasteiger partial charge < -0.3 is 10.6 Å². The summed E-state index contributed by atoms with van der Waals surface area (Å²) in [5.74, 6) is 0.661. The number of hydrogen-bond acceptors (Lipinski definition) is 4. The monoisotopic (exact) mass is 237 g/mol. The molecule has 7 nitrogen and oxygen atoms in total. The number of amides is 2. The Morgan fingerprint density at radius 3 is 3.12 bits per heavy atom. The molecule has 0 spiro atoms. The fourth-order valence-corrected chi connectivity index (χ4v) is 1.75. The second-order valence-corrected chi connectivity index (χ2v) is 3.99. The number of carbonyl (C=O) groups is 2. The molecule has 2 rings (SSSR count). The lowest BCUT2D eigenvalue weighted by molar-refractivity contribution is -0.125. The average molecular weight is 237 g/mol. The van der Waals surface area contributed by atoms with Gasteiger partial charge in [-0.3, -0.25) is 14.7 Å². The van der Waals surface area contributed by atoms with Crippen LogP contribution in [-0.2, 0) is 16.0 Å². The summed E-state index contributed by atoms with van der Waals surface area (Å²) in [6.07, 6.45) is 4.03. The van der Waals surface area contributed by atoms with Crippen LogP contribution in [0.25, 0.3) is 0 Å². The van der Waals surface area contributed by atoms with Crippen LogP contribution >= 0.6 is 0 Å². The molecule has 1 aromatic rings. The molecule has 0 bridgehead atoms. The topological polar surface area (TPSA) is 99.8 Å². The largest absolute Gasteiger partial charge is 0.354 e. The van der Waals surface area contributed by atoms with Gasteiger partial charge in [-0.2, -0.15) is 5.10 Å². The van der Waals surface area contributed by atoms with Gasteiger partial charge in [0.2, 0.25) is 11.8 Å². The third-order valence-corrected chi connectivity index (χ3v) is 2.67. The van der Waals surface area contributed by atoms with Crippen molar-refractivity contribution < 1.29 is 9.59 Å². The second-order valence-electron chi connectivity index (χ2n) is 3.99. The van der Waals surface area contributed by atoms with E-state index >= 15 is 0 Å². The number of aromatic amines is 1. The minimum atomic E-state index is -0.354. The standard InChI is InChI=1S/C10H15N5O2/c16-9-4-3-7(14-9)10(17)11-5-1-2-8-12-6-13-15-8/h6-7H,1-5H2,(H,11,17)(H,14,16)(H,12,13,15). The Morgan fingerprint density at radius 1 is 1.59 bits per heavy atom. The Bertz CT molecular complexity index is 389. The van der Waals surface area contributed by atoms with Gasteiger partial charge in [-0.05, 0) is 12.8 Å². The molecule has 1 fully saturated rings. The van der Waals surface area contributed by atoms with Crippen molar-refractivity contribution in [1.82, 2.24) is 25.8 Å². The van der Waals surface area contributed by atoms with E-state index in [2.05, 4.69) is 25.8 Å². The zero-order chi connectivity index (χ0) is 12.1. The first-order valence-corrected chi connectivity index (χ1v) is 5.67. The van der Waals surface area contributed by atoms with Gasteiger partial charge in [0, 0.05) is 19.4 Å². The molecular formula is C10H15N5O2. The highest BCUT2D eigenvalue weighted by atomic mass is 16.2. The minimum absolute atomic E-state index is 0.0493. The summed E-state index contributed by atoms with van der Waals surface area (Å²) in [6, 6.07) is -0.354. The van der Waals surface area contributed by atoms with Crippen molar-refractivity contribution in [1.29, 1.82) is 0 Å². The highest BCUT2D eigenvalue weighted by Gasteiger charge is 2.26. The predicted molar refractivity (Wildman–Crippen MR) is 58.9 cm³/mol. The molecule has 0 saturated carbocycles. The van der Waals surface area contributed by atoms with E-state index < -0.39 is 0 Å². The predicted octanol–water partition coefficient (Wildman–Crippen LogP) is -0.868. The lowest BCUT2D eigenvalue weighted by atomic mass is 10.2. The summed E-state index contributed by atoms with van der Waals surface area (Å²) in [5, 5.41) is 11.9. The number of H-pyrrole nitrogens is 1. The molecule has 1 aromatic heterocycles.